The Morgan fingerprint density at radius 3 is 2.60 bits per heavy atom. The summed E-state index contributed by atoms with van der Waals surface area (Å²) in [7, 11) is 1.69. The highest BCUT2D eigenvalue weighted by atomic mass is 35.5. The number of pyridine rings is 1. The highest BCUT2D eigenvalue weighted by Crippen LogP contribution is 2.39. The summed E-state index contributed by atoms with van der Waals surface area (Å²) in [6, 6.07) is 7.94. The molecule has 0 spiro atoms. The number of rotatable bonds is 3. The number of nitrogens with zero attached hydrogens (tertiary/aromatic N) is 1. The average molecular weight is 306 g/mol. The zero-order valence-electron chi connectivity index (χ0n) is 11.4. The zero-order chi connectivity index (χ0) is 13.9. The van der Waals surface area contributed by atoms with Gasteiger partial charge in [-0.15, -0.1) is 0 Å². The highest BCUT2D eigenvalue weighted by molar-refractivity contribution is 7.99. The van der Waals surface area contributed by atoms with E-state index in [2.05, 4.69) is 4.98 Å². The van der Waals surface area contributed by atoms with Crippen molar-refractivity contribution in [2.24, 2.45) is 0 Å². The van der Waals surface area contributed by atoms with Crippen LogP contribution < -0.4 is 4.74 Å². The zero-order valence-corrected chi connectivity index (χ0v) is 12.9. The van der Waals surface area contributed by atoms with Gasteiger partial charge in [0.1, 0.15) is 0 Å². The van der Waals surface area contributed by atoms with Gasteiger partial charge in [0.2, 0.25) is 5.88 Å². The van der Waals surface area contributed by atoms with Crippen molar-refractivity contribution in [1.29, 1.82) is 0 Å². The van der Waals surface area contributed by atoms with Gasteiger partial charge in [-0.05, 0) is 43.4 Å². The minimum Gasteiger partial charge on any atom is -0.481 e. The first kappa shape index (κ1) is 13.8. The molecule has 0 amide bonds. The van der Waals surface area contributed by atoms with Gasteiger partial charge in [0, 0.05) is 21.6 Å². The van der Waals surface area contributed by atoms with E-state index in [1.54, 1.807) is 18.9 Å². The fraction of sp³-hybridized carbons (Fsp3) is 0.312. The summed E-state index contributed by atoms with van der Waals surface area (Å²) in [6.45, 7) is 0. The largest absolute Gasteiger partial charge is 0.481 e. The lowest BCUT2D eigenvalue weighted by Crippen LogP contribution is -2.08. The summed E-state index contributed by atoms with van der Waals surface area (Å²) in [4.78, 5) is 6.73. The van der Waals surface area contributed by atoms with Gasteiger partial charge in [-0.3, -0.25) is 0 Å². The van der Waals surface area contributed by atoms with Crippen LogP contribution in [0.25, 0.3) is 0 Å². The molecular weight excluding hydrogens is 290 g/mol. The summed E-state index contributed by atoms with van der Waals surface area (Å²) in [5, 5.41) is 0.790. The van der Waals surface area contributed by atoms with Crippen molar-refractivity contribution in [3.05, 3.63) is 46.6 Å². The van der Waals surface area contributed by atoms with E-state index < -0.39 is 0 Å². The summed E-state index contributed by atoms with van der Waals surface area (Å²) in [6.07, 6.45) is 6.52. The molecule has 2 nitrogen and oxygen atoms in total. The Labute approximate surface area is 128 Å². The standard InChI is InChI=1S/C16H16ClNOS/c1-19-16-12-7-3-2-6-11(12)15(10-18-16)20-14-9-5-4-8-13(14)17/h4-5,8-10H,2-3,6-7H2,1H3. The van der Waals surface area contributed by atoms with Gasteiger partial charge in [0.15, 0.2) is 0 Å². The lowest BCUT2D eigenvalue weighted by atomic mass is 9.93. The molecule has 4 heteroatoms. The maximum atomic E-state index is 6.25. The fourth-order valence-electron chi connectivity index (χ4n) is 2.60. The second kappa shape index (κ2) is 6.06. The van der Waals surface area contributed by atoms with E-state index in [1.807, 2.05) is 30.5 Å². The van der Waals surface area contributed by atoms with Gasteiger partial charge in [0.25, 0.3) is 0 Å². The molecule has 104 valence electrons. The summed E-state index contributed by atoms with van der Waals surface area (Å²) < 4.78 is 5.40. The Morgan fingerprint density at radius 1 is 1.10 bits per heavy atom. The number of methoxy groups -OCH3 is 1. The van der Waals surface area contributed by atoms with Gasteiger partial charge < -0.3 is 4.74 Å². The van der Waals surface area contributed by atoms with Gasteiger partial charge in [0.05, 0.1) is 12.1 Å². The van der Waals surface area contributed by atoms with Crippen molar-refractivity contribution in [3.8, 4) is 5.88 Å². The van der Waals surface area contributed by atoms with Crippen LogP contribution in [0.5, 0.6) is 5.88 Å². The third kappa shape index (κ3) is 2.65. The first-order valence-electron chi connectivity index (χ1n) is 6.76. The monoisotopic (exact) mass is 305 g/mol. The number of ether oxygens (including phenoxy) is 1. The predicted molar refractivity (Wildman–Crippen MR) is 83.0 cm³/mol. The van der Waals surface area contributed by atoms with Crippen LogP contribution in [0.2, 0.25) is 5.02 Å². The molecule has 1 aromatic heterocycles. The second-order valence-electron chi connectivity index (χ2n) is 4.83. The molecule has 1 aliphatic rings. The normalized spacial score (nSPS) is 13.9. The van der Waals surface area contributed by atoms with E-state index in [4.69, 9.17) is 16.3 Å². The second-order valence-corrected chi connectivity index (χ2v) is 6.32. The topological polar surface area (TPSA) is 22.1 Å². The molecule has 0 fully saturated rings. The van der Waals surface area contributed by atoms with Crippen LogP contribution >= 0.6 is 23.4 Å². The molecule has 2 aromatic rings. The maximum Gasteiger partial charge on any atom is 0.216 e. The van der Waals surface area contributed by atoms with Crippen molar-refractivity contribution in [1.82, 2.24) is 4.98 Å². The van der Waals surface area contributed by atoms with Crippen molar-refractivity contribution >= 4 is 23.4 Å². The van der Waals surface area contributed by atoms with E-state index in [1.165, 1.54) is 28.9 Å². The van der Waals surface area contributed by atoms with Crippen LogP contribution in [0.15, 0.2) is 40.3 Å². The van der Waals surface area contributed by atoms with Crippen LogP contribution in [0, 0.1) is 0 Å². The quantitative estimate of drug-likeness (QED) is 0.815. The molecule has 1 aromatic carbocycles. The van der Waals surface area contributed by atoms with Crippen molar-refractivity contribution < 1.29 is 4.74 Å². The molecule has 20 heavy (non-hydrogen) atoms. The number of fused-ring (bicyclic) bond motifs is 1. The molecule has 1 heterocycles. The molecule has 0 saturated heterocycles. The van der Waals surface area contributed by atoms with Crippen LogP contribution in [-0.2, 0) is 12.8 Å². The molecule has 0 saturated carbocycles. The molecule has 0 bridgehead atoms. The Balaban J connectivity index is 2.00. The van der Waals surface area contributed by atoms with Gasteiger partial charge in [-0.1, -0.05) is 35.5 Å². The molecule has 0 radical (unpaired) electrons. The molecule has 3 rings (SSSR count). The van der Waals surface area contributed by atoms with E-state index >= 15 is 0 Å². The third-order valence-corrected chi connectivity index (χ3v) is 5.16. The smallest absolute Gasteiger partial charge is 0.216 e. The number of aromatic nitrogens is 1. The molecule has 0 unspecified atom stereocenters. The summed E-state index contributed by atoms with van der Waals surface area (Å²) in [5.41, 5.74) is 2.66. The highest BCUT2D eigenvalue weighted by Gasteiger charge is 2.19. The Kier molecular flexibility index (Phi) is 4.18. The first-order chi connectivity index (χ1) is 9.79. The van der Waals surface area contributed by atoms with Crippen LogP contribution in [-0.4, -0.2) is 12.1 Å². The van der Waals surface area contributed by atoms with Crippen LogP contribution in [0.1, 0.15) is 24.0 Å². The fourth-order valence-corrected chi connectivity index (χ4v) is 3.85. The molecule has 0 N–H and O–H groups in total. The van der Waals surface area contributed by atoms with Gasteiger partial charge in [-0.2, -0.15) is 0 Å². The molecule has 0 aliphatic heterocycles. The predicted octanol–water partition coefficient (Wildman–Crippen LogP) is 4.77. The number of halogens is 1. The number of hydrogen-bond acceptors (Lipinski definition) is 3. The third-order valence-electron chi connectivity index (χ3n) is 3.57. The lowest BCUT2D eigenvalue weighted by Gasteiger charge is -2.20. The molecule has 0 atom stereocenters. The molecule has 1 aliphatic carbocycles. The van der Waals surface area contributed by atoms with Crippen LogP contribution in [0.4, 0.5) is 0 Å². The van der Waals surface area contributed by atoms with E-state index in [0.717, 1.165) is 28.6 Å². The van der Waals surface area contributed by atoms with Gasteiger partial charge >= 0.3 is 0 Å². The van der Waals surface area contributed by atoms with Crippen molar-refractivity contribution in [2.75, 3.05) is 7.11 Å². The Bertz CT molecular complexity index is 630. The van der Waals surface area contributed by atoms with Crippen molar-refractivity contribution in [2.45, 2.75) is 35.5 Å². The van der Waals surface area contributed by atoms with E-state index in [9.17, 15) is 0 Å². The Morgan fingerprint density at radius 2 is 1.85 bits per heavy atom. The van der Waals surface area contributed by atoms with E-state index in [-0.39, 0.29) is 0 Å². The van der Waals surface area contributed by atoms with Gasteiger partial charge in [-0.25, -0.2) is 4.98 Å². The maximum absolute atomic E-state index is 6.25. The summed E-state index contributed by atoms with van der Waals surface area (Å²) in [5.74, 6) is 0.781. The number of hydrogen-bond donors (Lipinski definition) is 0. The van der Waals surface area contributed by atoms with Crippen LogP contribution in [0.3, 0.4) is 0 Å². The Hall–Kier alpha value is -1.19. The lowest BCUT2D eigenvalue weighted by molar-refractivity contribution is 0.387. The number of benzene rings is 1. The molecular formula is C16H16ClNOS. The average Bonchev–Trinajstić information content (AvgIpc) is 2.50. The summed E-state index contributed by atoms with van der Waals surface area (Å²) >= 11 is 7.95. The van der Waals surface area contributed by atoms with E-state index in [0.29, 0.717) is 0 Å². The minimum atomic E-state index is 0.781. The SMILES string of the molecule is COc1ncc(Sc2ccccc2Cl)c2c1CCCC2. The van der Waals surface area contributed by atoms with Crippen molar-refractivity contribution in [3.63, 3.8) is 0 Å². The first-order valence-corrected chi connectivity index (χ1v) is 7.96. The minimum absolute atomic E-state index is 0.781.